The number of rotatable bonds is 4. The number of likely N-dealkylation sites (N-methyl/N-ethyl adjacent to an activating group) is 1. The Morgan fingerprint density at radius 1 is 1.43 bits per heavy atom. The smallest absolute Gasteiger partial charge is 0.119 e. The Morgan fingerprint density at radius 3 is 3.26 bits per heavy atom. The summed E-state index contributed by atoms with van der Waals surface area (Å²) in [6.45, 7) is -0.206. The Labute approximate surface area is 146 Å². The molecule has 1 aromatic heterocycles. The van der Waals surface area contributed by atoms with Crippen LogP contribution >= 0.6 is 0 Å². The van der Waals surface area contributed by atoms with Gasteiger partial charge in [0, 0.05) is 39.3 Å². The Morgan fingerprint density at radius 2 is 2.43 bits per heavy atom. The number of nitrogens with zero attached hydrogens (tertiary/aromatic N) is 1. The van der Waals surface area contributed by atoms with Crippen LogP contribution in [0.4, 0.5) is 0 Å². The third kappa shape index (κ3) is 2.74. The average Bonchev–Trinajstić information content (AvgIpc) is 3.33. The second kappa shape index (κ2) is 6.17. The van der Waals surface area contributed by atoms with Gasteiger partial charge in [0.25, 0.3) is 0 Å². The molecule has 0 spiro atoms. The van der Waals surface area contributed by atoms with Crippen LogP contribution in [0, 0.1) is 0 Å². The van der Waals surface area contributed by atoms with Crippen molar-refractivity contribution in [3.63, 3.8) is 0 Å². The van der Waals surface area contributed by atoms with Crippen molar-refractivity contribution in [2.24, 2.45) is 0 Å². The van der Waals surface area contributed by atoms with E-state index >= 15 is 0 Å². The summed E-state index contributed by atoms with van der Waals surface area (Å²) in [7, 11) is -2.52. The molecule has 1 aromatic carbocycles. The highest BCUT2D eigenvalue weighted by molar-refractivity contribution is 5.86. The molecule has 0 radical (unpaired) electrons. The van der Waals surface area contributed by atoms with Gasteiger partial charge in [0.15, 0.2) is 0 Å². The molecule has 0 aliphatic carbocycles. The van der Waals surface area contributed by atoms with E-state index in [1.807, 2.05) is 6.07 Å². The van der Waals surface area contributed by atoms with E-state index in [2.05, 4.69) is 4.98 Å². The molecule has 4 heteroatoms. The first-order valence-corrected chi connectivity index (χ1v) is 8.30. The predicted octanol–water partition coefficient (Wildman–Crippen LogP) is 3.32. The monoisotopic (exact) mass is 320 g/mol. The van der Waals surface area contributed by atoms with Gasteiger partial charge in [0.05, 0.1) is 17.8 Å². The van der Waals surface area contributed by atoms with Crippen LogP contribution in [0.2, 0.25) is 0 Å². The normalized spacial score (nSPS) is 30.4. The maximum atomic E-state index is 7.85. The van der Waals surface area contributed by atoms with Crippen molar-refractivity contribution in [3.05, 3.63) is 29.5 Å². The number of methoxy groups -OCH3 is 1. The van der Waals surface area contributed by atoms with E-state index in [0.29, 0.717) is 26.2 Å². The summed E-state index contributed by atoms with van der Waals surface area (Å²) in [6, 6.07) is 5.15. The second-order valence-electron chi connectivity index (χ2n) is 6.58. The lowest BCUT2D eigenvalue weighted by molar-refractivity contribution is 0.193. The molecule has 2 aromatic rings. The molecule has 2 aliphatic rings. The van der Waals surface area contributed by atoms with Crippen molar-refractivity contribution in [2.75, 3.05) is 33.8 Å². The zero-order valence-corrected chi connectivity index (χ0v) is 13.1. The van der Waals surface area contributed by atoms with Crippen molar-refractivity contribution in [2.45, 2.75) is 37.6 Å². The van der Waals surface area contributed by atoms with E-state index < -0.39 is 14.0 Å². The third-order valence-electron chi connectivity index (χ3n) is 5.18. The van der Waals surface area contributed by atoms with Crippen molar-refractivity contribution in [1.29, 1.82) is 0 Å². The summed E-state index contributed by atoms with van der Waals surface area (Å²) in [5, 5.41) is 0.894. The Kier molecular flexibility index (Phi) is 2.60. The zero-order chi connectivity index (χ0) is 20.8. The van der Waals surface area contributed by atoms with Crippen LogP contribution in [0.5, 0.6) is 5.75 Å². The SMILES string of the molecule is [2H]C([2H])([2H])Oc1ccc2[nH]c([C@H]3CCOC3)c(C[C@H]3CCCN3C([2H])([2H])[2H])c2c1. The molecular weight excluding hydrogens is 288 g/mol. The van der Waals surface area contributed by atoms with Crippen molar-refractivity contribution in [3.8, 4) is 5.75 Å². The lowest BCUT2D eigenvalue weighted by atomic mass is 9.94. The van der Waals surface area contributed by atoms with Crippen LogP contribution < -0.4 is 4.74 Å². The number of aromatic nitrogens is 1. The number of ether oxygens (including phenoxy) is 2. The van der Waals surface area contributed by atoms with Gasteiger partial charge in [-0.1, -0.05) is 0 Å². The molecule has 0 unspecified atom stereocenters. The fourth-order valence-electron chi connectivity index (χ4n) is 3.93. The van der Waals surface area contributed by atoms with E-state index in [1.165, 1.54) is 0 Å². The first-order chi connectivity index (χ1) is 13.6. The number of fused-ring (bicyclic) bond motifs is 1. The molecule has 2 fully saturated rings. The maximum Gasteiger partial charge on any atom is 0.119 e. The van der Waals surface area contributed by atoms with Gasteiger partial charge in [0.1, 0.15) is 5.75 Å². The van der Waals surface area contributed by atoms with Crippen LogP contribution in [0.15, 0.2) is 18.2 Å². The molecule has 0 saturated carbocycles. The first kappa shape index (κ1) is 9.70. The molecule has 4 nitrogen and oxygen atoms in total. The van der Waals surface area contributed by atoms with E-state index in [9.17, 15) is 0 Å². The van der Waals surface area contributed by atoms with Gasteiger partial charge >= 0.3 is 0 Å². The minimum absolute atomic E-state index is 0.0743. The van der Waals surface area contributed by atoms with Gasteiger partial charge in [-0.2, -0.15) is 0 Å². The second-order valence-corrected chi connectivity index (χ2v) is 6.58. The minimum atomic E-state index is -2.52. The summed E-state index contributed by atoms with van der Waals surface area (Å²) in [6.07, 6.45) is 3.20. The topological polar surface area (TPSA) is 37.5 Å². The summed E-state index contributed by atoms with van der Waals surface area (Å²) in [4.78, 5) is 5.10. The van der Waals surface area contributed by atoms with Crippen LogP contribution in [0.3, 0.4) is 0 Å². The lowest BCUT2D eigenvalue weighted by Gasteiger charge is -2.20. The quantitative estimate of drug-likeness (QED) is 0.939. The molecule has 2 atom stereocenters. The average molecular weight is 320 g/mol. The highest BCUT2D eigenvalue weighted by Crippen LogP contribution is 2.36. The van der Waals surface area contributed by atoms with Gasteiger partial charge in [-0.15, -0.1) is 0 Å². The molecule has 23 heavy (non-hydrogen) atoms. The number of nitrogens with one attached hydrogen (secondary N) is 1. The Balaban J connectivity index is 1.74. The number of benzene rings is 1. The van der Waals surface area contributed by atoms with Crippen molar-refractivity contribution >= 4 is 10.9 Å². The predicted molar refractivity (Wildman–Crippen MR) is 92.4 cm³/mol. The summed E-state index contributed by atoms with van der Waals surface area (Å²) >= 11 is 0. The summed E-state index contributed by atoms with van der Waals surface area (Å²) < 4.78 is 56.3. The molecular formula is C19H26N2O2. The van der Waals surface area contributed by atoms with E-state index in [0.717, 1.165) is 41.4 Å². The number of aromatic amines is 1. The molecule has 2 saturated heterocycles. The van der Waals surface area contributed by atoms with E-state index in [-0.39, 0.29) is 17.7 Å². The maximum absolute atomic E-state index is 7.85. The largest absolute Gasteiger partial charge is 0.497 e. The standard InChI is InChI=1S/C19H26N2O2/c1-21-8-3-4-14(21)10-17-16-11-15(22-2)5-6-18(16)20-19(17)13-7-9-23-12-13/h5-6,11,13-14,20H,3-4,7-10,12H2,1-2H3/t13-,14+/m0/s1/i1D3,2D3. The molecule has 1 N–H and O–H groups in total. The summed E-state index contributed by atoms with van der Waals surface area (Å²) in [5.74, 6) is 0.512. The molecule has 0 bridgehead atoms. The Hall–Kier alpha value is -1.52. The van der Waals surface area contributed by atoms with Gasteiger partial charge in [-0.3, -0.25) is 0 Å². The molecule has 0 amide bonds. The zero-order valence-electron chi connectivity index (χ0n) is 19.1. The number of likely N-dealkylation sites (tertiary alicyclic amines) is 1. The van der Waals surface area contributed by atoms with Gasteiger partial charge < -0.3 is 19.4 Å². The molecule has 2 aliphatic heterocycles. The van der Waals surface area contributed by atoms with E-state index in [4.69, 9.17) is 17.7 Å². The Bertz CT molecular complexity index is 870. The fraction of sp³-hybridized carbons (Fsp3) is 0.579. The van der Waals surface area contributed by atoms with Gasteiger partial charge in [-0.05, 0) is 63.0 Å². The van der Waals surface area contributed by atoms with Gasteiger partial charge in [-0.25, -0.2) is 0 Å². The first-order valence-electron chi connectivity index (χ1n) is 11.3. The molecule has 124 valence electrons. The molecule has 3 heterocycles. The summed E-state index contributed by atoms with van der Waals surface area (Å²) in [5.41, 5.74) is 3.02. The molecule has 4 rings (SSSR count). The third-order valence-corrected chi connectivity index (χ3v) is 5.18. The van der Waals surface area contributed by atoms with Crippen LogP contribution in [0.25, 0.3) is 10.9 Å². The highest BCUT2D eigenvalue weighted by Gasteiger charge is 2.28. The fourth-order valence-corrected chi connectivity index (χ4v) is 3.93. The van der Waals surface area contributed by atoms with Crippen LogP contribution in [-0.4, -0.2) is 49.7 Å². The van der Waals surface area contributed by atoms with E-state index in [1.54, 1.807) is 17.0 Å². The number of hydrogen-bond acceptors (Lipinski definition) is 3. The van der Waals surface area contributed by atoms with Crippen molar-refractivity contribution < 1.29 is 17.7 Å². The number of H-pyrrole nitrogens is 1. The number of hydrogen-bond donors (Lipinski definition) is 1. The highest BCUT2D eigenvalue weighted by atomic mass is 16.5. The van der Waals surface area contributed by atoms with Crippen LogP contribution in [0.1, 0.15) is 44.7 Å². The van der Waals surface area contributed by atoms with Crippen LogP contribution in [-0.2, 0) is 11.2 Å². The van der Waals surface area contributed by atoms with Crippen molar-refractivity contribution in [1.82, 2.24) is 9.88 Å². The lowest BCUT2D eigenvalue weighted by Crippen LogP contribution is -2.27. The van der Waals surface area contributed by atoms with Gasteiger partial charge in [0.2, 0.25) is 0 Å². The minimum Gasteiger partial charge on any atom is -0.497 e.